The first-order chi connectivity index (χ1) is 9.49. The van der Waals surface area contributed by atoms with Gasteiger partial charge in [-0.05, 0) is 30.2 Å². The van der Waals surface area contributed by atoms with Gasteiger partial charge in [0.25, 0.3) is 0 Å². The van der Waals surface area contributed by atoms with Gasteiger partial charge in [-0.15, -0.1) is 0 Å². The topological polar surface area (TPSA) is 62.2 Å². The summed E-state index contributed by atoms with van der Waals surface area (Å²) in [6, 6.07) is 3.31. The van der Waals surface area contributed by atoms with Gasteiger partial charge in [-0.3, -0.25) is 4.98 Å². The SMILES string of the molecule is Cc1ccncc1CNc1cc(C(=O)O)c(F)cc1F. The number of aromatic carboxylic acids is 1. The number of rotatable bonds is 4. The largest absolute Gasteiger partial charge is 0.478 e. The summed E-state index contributed by atoms with van der Waals surface area (Å²) in [5.41, 5.74) is 1.17. The lowest BCUT2D eigenvalue weighted by molar-refractivity contribution is 0.0692. The number of anilines is 1. The molecule has 20 heavy (non-hydrogen) atoms. The van der Waals surface area contributed by atoms with Gasteiger partial charge in [0.15, 0.2) is 0 Å². The molecular weight excluding hydrogens is 266 g/mol. The number of hydrogen-bond acceptors (Lipinski definition) is 3. The van der Waals surface area contributed by atoms with Crippen molar-refractivity contribution in [3.05, 3.63) is 58.9 Å². The van der Waals surface area contributed by atoms with Crippen LogP contribution < -0.4 is 5.32 Å². The van der Waals surface area contributed by atoms with Gasteiger partial charge in [-0.1, -0.05) is 0 Å². The van der Waals surface area contributed by atoms with Gasteiger partial charge in [0.2, 0.25) is 0 Å². The predicted octanol–water partition coefficient (Wildman–Crippen LogP) is 2.98. The molecule has 0 saturated heterocycles. The zero-order valence-corrected chi connectivity index (χ0v) is 10.7. The fourth-order valence-electron chi connectivity index (χ4n) is 1.72. The molecule has 0 bridgehead atoms. The number of nitrogens with one attached hydrogen (secondary N) is 1. The molecule has 0 radical (unpaired) electrons. The Balaban J connectivity index is 2.24. The first-order valence-corrected chi connectivity index (χ1v) is 5.84. The highest BCUT2D eigenvalue weighted by molar-refractivity contribution is 5.89. The monoisotopic (exact) mass is 278 g/mol. The zero-order valence-electron chi connectivity index (χ0n) is 10.7. The van der Waals surface area contributed by atoms with E-state index in [0.29, 0.717) is 6.07 Å². The molecule has 0 unspecified atom stereocenters. The molecule has 2 aromatic rings. The van der Waals surface area contributed by atoms with Crippen LogP contribution in [-0.4, -0.2) is 16.1 Å². The number of halogens is 2. The maximum absolute atomic E-state index is 13.6. The Morgan fingerprint density at radius 1 is 1.35 bits per heavy atom. The van der Waals surface area contributed by atoms with Crippen LogP contribution in [0.1, 0.15) is 21.5 Å². The van der Waals surface area contributed by atoms with E-state index in [0.717, 1.165) is 17.2 Å². The molecule has 104 valence electrons. The van der Waals surface area contributed by atoms with Crippen LogP contribution in [0.15, 0.2) is 30.6 Å². The van der Waals surface area contributed by atoms with Crippen molar-refractivity contribution in [1.29, 1.82) is 0 Å². The Morgan fingerprint density at radius 3 is 2.75 bits per heavy atom. The van der Waals surface area contributed by atoms with E-state index in [1.54, 1.807) is 18.5 Å². The second-order valence-corrected chi connectivity index (χ2v) is 4.27. The van der Waals surface area contributed by atoms with Crippen LogP contribution >= 0.6 is 0 Å². The number of nitrogens with zero attached hydrogens (tertiary/aromatic N) is 1. The number of aromatic nitrogens is 1. The van der Waals surface area contributed by atoms with Gasteiger partial charge in [-0.2, -0.15) is 0 Å². The van der Waals surface area contributed by atoms with E-state index in [1.165, 1.54) is 0 Å². The standard InChI is InChI=1S/C14H12F2N2O2/c1-8-2-3-17-6-9(8)7-18-13-4-10(14(19)20)11(15)5-12(13)16/h2-6,18H,7H2,1H3,(H,19,20). The van der Waals surface area contributed by atoms with Gasteiger partial charge >= 0.3 is 5.97 Å². The third-order valence-corrected chi connectivity index (χ3v) is 2.90. The van der Waals surface area contributed by atoms with Crippen molar-refractivity contribution in [2.24, 2.45) is 0 Å². The lowest BCUT2D eigenvalue weighted by Gasteiger charge is -2.10. The van der Waals surface area contributed by atoms with Crippen LogP contribution in [0.2, 0.25) is 0 Å². The fourth-order valence-corrected chi connectivity index (χ4v) is 1.72. The fraction of sp³-hybridized carbons (Fsp3) is 0.143. The van der Waals surface area contributed by atoms with E-state index in [9.17, 15) is 13.6 Å². The van der Waals surface area contributed by atoms with E-state index >= 15 is 0 Å². The van der Waals surface area contributed by atoms with Crippen molar-refractivity contribution in [1.82, 2.24) is 4.98 Å². The molecule has 0 amide bonds. The predicted molar refractivity (Wildman–Crippen MR) is 69.6 cm³/mol. The molecule has 2 rings (SSSR count). The molecule has 1 aromatic carbocycles. The Hall–Kier alpha value is -2.50. The minimum Gasteiger partial charge on any atom is -0.478 e. The highest BCUT2D eigenvalue weighted by atomic mass is 19.1. The second-order valence-electron chi connectivity index (χ2n) is 4.27. The van der Waals surface area contributed by atoms with E-state index in [4.69, 9.17) is 5.11 Å². The molecule has 0 aliphatic carbocycles. The number of benzene rings is 1. The average Bonchev–Trinajstić information content (AvgIpc) is 2.39. The molecule has 0 fully saturated rings. The van der Waals surface area contributed by atoms with Gasteiger partial charge in [0.05, 0.1) is 11.3 Å². The maximum atomic E-state index is 13.6. The maximum Gasteiger partial charge on any atom is 0.338 e. The molecule has 2 N–H and O–H groups in total. The number of hydrogen-bond donors (Lipinski definition) is 2. The van der Waals surface area contributed by atoms with Crippen LogP contribution in [0.5, 0.6) is 0 Å². The third-order valence-electron chi connectivity index (χ3n) is 2.90. The molecule has 1 heterocycles. The highest BCUT2D eigenvalue weighted by Crippen LogP contribution is 2.20. The first-order valence-electron chi connectivity index (χ1n) is 5.84. The number of carboxylic acid groups (broad SMARTS) is 1. The molecule has 0 saturated carbocycles. The molecular formula is C14H12F2N2O2. The summed E-state index contributed by atoms with van der Waals surface area (Å²) in [6.45, 7) is 2.14. The van der Waals surface area contributed by atoms with Crippen molar-refractivity contribution in [3.63, 3.8) is 0 Å². The smallest absolute Gasteiger partial charge is 0.338 e. The lowest BCUT2D eigenvalue weighted by Crippen LogP contribution is -2.07. The normalized spacial score (nSPS) is 10.3. The van der Waals surface area contributed by atoms with Crippen molar-refractivity contribution in [2.75, 3.05) is 5.32 Å². The number of carbonyl (C=O) groups is 1. The Labute approximate surface area is 114 Å². The van der Waals surface area contributed by atoms with Crippen molar-refractivity contribution < 1.29 is 18.7 Å². The minimum atomic E-state index is -1.44. The van der Waals surface area contributed by atoms with E-state index < -0.39 is 23.2 Å². The molecule has 6 heteroatoms. The number of aryl methyl sites for hydroxylation is 1. The van der Waals surface area contributed by atoms with Crippen LogP contribution in [0.25, 0.3) is 0 Å². The lowest BCUT2D eigenvalue weighted by atomic mass is 10.1. The van der Waals surface area contributed by atoms with Crippen LogP contribution in [0.3, 0.4) is 0 Å². The van der Waals surface area contributed by atoms with Crippen LogP contribution in [-0.2, 0) is 6.54 Å². The molecule has 0 aliphatic heterocycles. The summed E-state index contributed by atoms with van der Waals surface area (Å²) in [5, 5.41) is 11.6. The third kappa shape index (κ3) is 2.90. The van der Waals surface area contributed by atoms with E-state index in [1.807, 2.05) is 6.92 Å². The van der Waals surface area contributed by atoms with Gasteiger partial charge < -0.3 is 10.4 Å². The Morgan fingerprint density at radius 2 is 2.10 bits per heavy atom. The van der Waals surface area contributed by atoms with Crippen LogP contribution in [0.4, 0.5) is 14.5 Å². The summed E-state index contributed by atoms with van der Waals surface area (Å²) in [5.74, 6) is -3.38. The van der Waals surface area contributed by atoms with Crippen molar-refractivity contribution >= 4 is 11.7 Å². The summed E-state index contributed by atoms with van der Waals surface area (Å²) in [7, 11) is 0. The Kier molecular flexibility index (Phi) is 3.93. The quantitative estimate of drug-likeness (QED) is 0.902. The average molecular weight is 278 g/mol. The van der Waals surface area contributed by atoms with E-state index in [-0.39, 0.29) is 12.2 Å². The second kappa shape index (κ2) is 5.64. The molecule has 4 nitrogen and oxygen atoms in total. The molecule has 0 spiro atoms. The van der Waals surface area contributed by atoms with Crippen molar-refractivity contribution in [3.8, 4) is 0 Å². The highest BCUT2D eigenvalue weighted by Gasteiger charge is 2.15. The number of carboxylic acids is 1. The summed E-state index contributed by atoms with van der Waals surface area (Å²) in [6.07, 6.45) is 3.27. The van der Waals surface area contributed by atoms with Gasteiger partial charge in [0.1, 0.15) is 11.6 Å². The van der Waals surface area contributed by atoms with Gasteiger partial charge in [-0.25, -0.2) is 13.6 Å². The molecule has 1 aromatic heterocycles. The molecule has 0 atom stereocenters. The Bertz CT molecular complexity index is 660. The van der Waals surface area contributed by atoms with E-state index in [2.05, 4.69) is 10.3 Å². The summed E-state index contributed by atoms with van der Waals surface area (Å²) in [4.78, 5) is 14.8. The first kappa shape index (κ1) is 13.9. The minimum absolute atomic E-state index is 0.0629. The van der Waals surface area contributed by atoms with Crippen LogP contribution in [0, 0.1) is 18.6 Å². The summed E-state index contributed by atoms with van der Waals surface area (Å²) >= 11 is 0. The summed E-state index contributed by atoms with van der Waals surface area (Å²) < 4.78 is 26.8. The van der Waals surface area contributed by atoms with Gasteiger partial charge in [0, 0.05) is 25.0 Å². The molecule has 0 aliphatic rings. The van der Waals surface area contributed by atoms with Crippen molar-refractivity contribution in [2.45, 2.75) is 13.5 Å². The number of pyridine rings is 1. The zero-order chi connectivity index (χ0) is 14.7.